The summed E-state index contributed by atoms with van der Waals surface area (Å²) in [7, 11) is 2.24. The van der Waals surface area contributed by atoms with Crippen LogP contribution in [-0.2, 0) is 0 Å². The number of hydrogen-bond acceptors (Lipinski definition) is 2. The lowest BCUT2D eigenvalue weighted by Gasteiger charge is -2.24. The molecule has 2 rings (SSSR count). The first kappa shape index (κ1) is 13.3. The second-order valence-corrected chi connectivity index (χ2v) is 5.22. The lowest BCUT2D eigenvalue weighted by Crippen LogP contribution is -2.39. The van der Waals surface area contributed by atoms with Crippen molar-refractivity contribution >= 4 is 6.08 Å². The standard InChI is InChI=1S/C16H24N2/c1-14(18(2)16-10-11-16)13-17-12-6-9-15-7-4-3-5-8-15/h3-9,14,16-17H,10-13H2,1-2H3/b9-6+. The Hall–Kier alpha value is -1.12. The molecule has 1 aromatic carbocycles. The van der Waals surface area contributed by atoms with Crippen LogP contribution in [-0.4, -0.2) is 37.1 Å². The molecule has 1 saturated carbocycles. The fraction of sp³-hybridized carbons (Fsp3) is 0.500. The molecule has 0 heterocycles. The van der Waals surface area contributed by atoms with Crippen molar-refractivity contribution in [2.75, 3.05) is 20.1 Å². The maximum atomic E-state index is 3.49. The topological polar surface area (TPSA) is 15.3 Å². The number of benzene rings is 1. The monoisotopic (exact) mass is 244 g/mol. The van der Waals surface area contributed by atoms with Gasteiger partial charge in [-0.1, -0.05) is 42.5 Å². The van der Waals surface area contributed by atoms with Crippen molar-refractivity contribution in [3.8, 4) is 0 Å². The lowest BCUT2D eigenvalue weighted by atomic mass is 10.2. The SMILES string of the molecule is CC(CNC/C=C/c1ccccc1)N(C)C1CC1. The normalized spacial score (nSPS) is 17.5. The van der Waals surface area contributed by atoms with E-state index in [-0.39, 0.29) is 0 Å². The van der Waals surface area contributed by atoms with Crippen LogP contribution in [0.2, 0.25) is 0 Å². The Balaban J connectivity index is 1.62. The number of hydrogen-bond donors (Lipinski definition) is 1. The molecule has 0 aromatic heterocycles. The van der Waals surface area contributed by atoms with Gasteiger partial charge < -0.3 is 5.32 Å². The molecule has 1 fully saturated rings. The largest absolute Gasteiger partial charge is 0.312 e. The van der Waals surface area contributed by atoms with Crippen LogP contribution in [0.3, 0.4) is 0 Å². The van der Waals surface area contributed by atoms with Gasteiger partial charge in [0.1, 0.15) is 0 Å². The smallest absolute Gasteiger partial charge is 0.0192 e. The van der Waals surface area contributed by atoms with Crippen LogP contribution in [0.4, 0.5) is 0 Å². The molecular weight excluding hydrogens is 220 g/mol. The first-order valence-electron chi connectivity index (χ1n) is 6.91. The molecule has 0 radical (unpaired) electrons. The van der Waals surface area contributed by atoms with Crippen molar-refractivity contribution in [3.63, 3.8) is 0 Å². The molecule has 1 aliphatic carbocycles. The molecule has 2 nitrogen and oxygen atoms in total. The fourth-order valence-corrected chi connectivity index (χ4v) is 2.12. The molecule has 18 heavy (non-hydrogen) atoms. The van der Waals surface area contributed by atoms with Crippen LogP contribution in [0.25, 0.3) is 6.08 Å². The molecule has 0 spiro atoms. The Morgan fingerprint density at radius 3 is 2.72 bits per heavy atom. The third-order valence-corrected chi connectivity index (χ3v) is 3.63. The van der Waals surface area contributed by atoms with Crippen LogP contribution in [0.15, 0.2) is 36.4 Å². The minimum absolute atomic E-state index is 0.627. The van der Waals surface area contributed by atoms with Crippen LogP contribution in [0.5, 0.6) is 0 Å². The third-order valence-electron chi connectivity index (χ3n) is 3.63. The Morgan fingerprint density at radius 1 is 1.33 bits per heavy atom. The second-order valence-electron chi connectivity index (χ2n) is 5.22. The maximum Gasteiger partial charge on any atom is 0.0192 e. The first-order chi connectivity index (χ1) is 8.77. The highest BCUT2D eigenvalue weighted by Gasteiger charge is 2.28. The van der Waals surface area contributed by atoms with E-state index in [1.165, 1.54) is 18.4 Å². The molecule has 0 bridgehead atoms. The molecule has 1 atom stereocenters. The van der Waals surface area contributed by atoms with E-state index in [0.717, 1.165) is 19.1 Å². The van der Waals surface area contributed by atoms with Gasteiger partial charge in [-0.15, -0.1) is 0 Å². The lowest BCUT2D eigenvalue weighted by molar-refractivity contribution is 0.243. The summed E-state index contributed by atoms with van der Waals surface area (Å²) in [6, 6.07) is 11.9. The molecular formula is C16H24N2. The van der Waals surface area contributed by atoms with Crippen LogP contribution < -0.4 is 5.32 Å². The molecule has 1 aliphatic rings. The fourth-order valence-electron chi connectivity index (χ4n) is 2.12. The number of nitrogens with one attached hydrogen (secondary N) is 1. The highest BCUT2D eigenvalue weighted by Crippen LogP contribution is 2.26. The van der Waals surface area contributed by atoms with Crippen molar-refractivity contribution < 1.29 is 0 Å². The zero-order valence-corrected chi connectivity index (χ0v) is 11.5. The Morgan fingerprint density at radius 2 is 2.06 bits per heavy atom. The second kappa shape index (κ2) is 6.72. The summed E-state index contributed by atoms with van der Waals surface area (Å²) >= 11 is 0. The van der Waals surface area contributed by atoms with E-state index < -0.39 is 0 Å². The molecule has 1 aromatic rings. The van der Waals surface area contributed by atoms with Gasteiger partial charge in [-0.3, -0.25) is 4.90 Å². The number of nitrogens with zero attached hydrogens (tertiary/aromatic N) is 1. The Labute approximate surface area is 111 Å². The van der Waals surface area contributed by atoms with Crippen molar-refractivity contribution in [1.82, 2.24) is 10.2 Å². The van der Waals surface area contributed by atoms with Gasteiger partial charge in [0.2, 0.25) is 0 Å². The van der Waals surface area contributed by atoms with Gasteiger partial charge in [-0.25, -0.2) is 0 Å². The van der Waals surface area contributed by atoms with E-state index in [0.29, 0.717) is 6.04 Å². The van der Waals surface area contributed by atoms with Gasteiger partial charge in [0, 0.05) is 25.2 Å². The summed E-state index contributed by atoms with van der Waals surface area (Å²) in [6.07, 6.45) is 7.13. The Kier molecular flexibility index (Phi) is 4.97. The van der Waals surface area contributed by atoms with Crippen LogP contribution in [0.1, 0.15) is 25.3 Å². The number of likely N-dealkylation sites (N-methyl/N-ethyl adjacent to an activating group) is 1. The summed E-state index contributed by atoms with van der Waals surface area (Å²) in [4.78, 5) is 2.49. The Bertz CT molecular complexity index is 368. The van der Waals surface area contributed by atoms with E-state index >= 15 is 0 Å². The predicted molar refractivity (Wildman–Crippen MR) is 78.6 cm³/mol. The highest BCUT2D eigenvalue weighted by atomic mass is 15.2. The number of rotatable bonds is 7. The van der Waals surface area contributed by atoms with Gasteiger partial charge in [0.05, 0.1) is 0 Å². The molecule has 98 valence electrons. The van der Waals surface area contributed by atoms with E-state index in [1.807, 2.05) is 6.07 Å². The van der Waals surface area contributed by atoms with Crippen LogP contribution in [0, 0.1) is 0 Å². The van der Waals surface area contributed by atoms with E-state index in [9.17, 15) is 0 Å². The van der Waals surface area contributed by atoms with Gasteiger partial charge in [0.15, 0.2) is 0 Å². The van der Waals surface area contributed by atoms with Crippen molar-refractivity contribution in [2.24, 2.45) is 0 Å². The molecule has 1 unspecified atom stereocenters. The molecule has 0 saturated heterocycles. The van der Waals surface area contributed by atoms with Gasteiger partial charge >= 0.3 is 0 Å². The highest BCUT2D eigenvalue weighted by molar-refractivity contribution is 5.48. The maximum absolute atomic E-state index is 3.49. The minimum Gasteiger partial charge on any atom is -0.312 e. The van der Waals surface area contributed by atoms with E-state index in [1.54, 1.807) is 0 Å². The van der Waals surface area contributed by atoms with Crippen molar-refractivity contribution in [3.05, 3.63) is 42.0 Å². The average molecular weight is 244 g/mol. The molecule has 0 aliphatic heterocycles. The predicted octanol–water partition coefficient (Wildman–Crippen LogP) is 2.77. The molecule has 1 N–H and O–H groups in total. The minimum atomic E-state index is 0.627. The van der Waals surface area contributed by atoms with E-state index in [2.05, 4.69) is 60.6 Å². The molecule has 0 amide bonds. The van der Waals surface area contributed by atoms with Crippen LogP contribution >= 0.6 is 0 Å². The third kappa shape index (κ3) is 4.28. The average Bonchev–Trinajstić information content (AvgIpc) is 3.23. The van der Waals surface area contributed by atoms with Crippen molar-refractivity contribution in [1.29, 1.82) is 0 Å². The summed E-state index contributed by atoms with van der Waals surface area (Å²) in [5.41, 5.74) is 1.27. The molecule has 2 heteroatoms. The zero-order valence-electron chi connectivity index (χ0n) is 11.5. The summed E-state index contributed by atoms with van der Waals surface area (Å²) < 4.78 is 0. The summed E-state index contributed by atoms with van der Waals surface area (Å²) in [6.45, 7) is 4.30. The van der Waals surface area contributed by atoms with Crippen molar-refractivity contribution in [2.45, 2.75) is 31.8 Å². The zero-order chi connectivity index (χ0) is 12.8. The van der Waals surface area contributed by atoms with Gasteiger partial charge in [-0.05, 0) is 32.4 Å². The summed E-state index contributed by atoms with van der Waals surface area (Å²) in [5.74, 6) is 0. The van der Waals surface area contributed by atoms with Gasteiger partial charge in [0.25, 0.3) is 0 Å². The summed E-state index contributed by atoms with van der Waals surface area (Å²) in [5, 5.41) is 3.49. The quantitative estimate of drug-likeness (QED) is 0.742. The van der Waals surface area contributed by atoms with Gasteiger partial charge in [-0.2, -0.15) is 0 Å². The first-order valence-corrected chi connectivity index (χ1v) is 6.91. The van der Waals surface area contributed by atoms with E-state index in [4.69, 9.17) is 0 Å².